The summed E-state index contributed by atoms with van der Waals surface area (Å²) in [5, 5.41) is 11.3. The van der Waals surface area contributed by atoms with E-state index in [2.05, 4.69) is 4.90 Å². The number of alkyl halides is 1. The normalized spacial score (nSPS) is 14.2. The van der Waals surface area contributed by atoms with E-state index in [1.54, 1.807) is 36.4 Å². The summed E-state index contributed by atoms with van der Waals surface area (Å²) in [6.07, 6.45) is 0.885. The van der Waals surface area contributed by atoms with Crippen LogP contribution in [0.4, 0.5) is 4.39 Å². The Balaban J connectivity index is 1.36. The van der Waals surface area contributed by atoms with Crippen LogP contribution >= 0.6 is 22.9 Å². The minimum atomic E-state index is -0.231. The minimum Gasteiger partial charge on any atom is -0.508 e. The molecule has 1 aromatic heterocycles. The number of phenols is 1. The van der Waals surface area contributed by atoms with Crippen molar-refractivity contribution in [1.29, 1.82) is 0 Å². The van der Waals surface area contributed by atoms with E-state index in [1.165, 1.54) is 11.3 Å². The van der Waals surface area contributed by atoms with Gasteiger partial charge in [0.05, 0.1) is 23.2 Å². The van der Waals surface area contributed by atoms with Crippen molar-refractivity contribution in [1.82, 2.24) is 4.90 Å². The number of ether oxygens (including phenoxy) is 1. The molecule has 0 unspecified atom stereocenters. The zero-order valence-corrected chi connectivity index (χ0v) is 20.6. The summed E-state index contributed by atoms with van der Waals surface area (Å²) in [6, 6.07) is 19.9. The van der Waals surface area contributed by atoms with Crippen molar-refractivity contribution >= 4 is 38.8 Å². The van der Waals surface area contributed by atoms with Gasteiger partial charge in [-0.25, -0.2) is 0 Å². The van der Waals surface area contributed by atoms with Crippen LogP contribution in [0.1, 0.15) is 21.7 Å². The number of halogens is 2. The van der Waals surface area contributed by atoms with Crippen LogP contribution in [0, 0.1) is 5.92 Å². The van der Waals surface area contributed by atoms with Crippen LogP contribution in [-0.4, -0.2) is 48.7 Å². The molecule has 0 bridgehead atoms. The van der Waals surface area contributed by atoms with Crippen LogP contribution in [-0.2, 0) is 0 Å². The lowest BCUT2D eigenvalue weighted by atomic mass is 9.98. The van der Waals surface area contributed by atoms with E-state index < -0.39 is 0 Å². The summed E-state index contributed by atoms with van der Waals surface area (Å²) in [4.78, 5) is 16.3. The summed E-state index contributed by atoms with van der Waals surface area (Å²) in [7, 11) is 0. The third kappa shape index (κ3) is 5.06. The fourth-order valence-corrected chi connectivity index (χ4v) is 5.89. The topological polar surface area (TPSA) is 49.8 Å². The number of carbonyl (C=O) groups excluding carboxylic acids is 1. The molecule has 0 amide bonds. The molecule has 4 nitrogen and oxygen atoms in total. The molecule has 0 saturated carbocycles. The number of rotatable bonds is 9. The second-order valence-electron chi connectivity index (χ2n) is 8.80. The molecule has 35 heavy (non-hydrogen) atoms. The first-order chi connectivity index (χ1) is 17.0. The highest BCUT2D eigenvalue weighted by atomic mass is 35.5. The second kappa shape index (κ2) is 10.4. The molecule has 0 spiro atoms. The van der Waals surface area contributed by atoms with Gasteiger partial charge in [-0.15, -0.1) is 11.3 Å². The van der Waals surface area contributed by atoms with Crippen LogP contribution in [0.3, 0.4) is 0 Å². The second-order valence-corrected chi connectivity index (χ2v) is 10.3. The Morgan fingerprint density at radius 3 is 2.63 bits per heavy atom. The highest BCUT2D eigenvalue weighted by Crippen LogP contribution is 2.42. The SMILES string of the molecule is O=C(c1ccccc1Cl)c1sc2cc(O)ccc2c1-c1ccc(OCCCN2CC(CF)C2)cc1. The van der Waals surface area contributed by atoms with Gasteiger partial charge in [0, 0.05) is 46.8 Å². The molecule has 2 heterocycles. The predicted octanol–water partition coefficient (Wildman–Crippen LogP) is 6.83. The maximum Gasteiger partial charge on any atom is 0.205 e. The smallest absolute Gasteiger partial charge is 0.205 e. The highest BCUT2D eigenvalue weighted by molar-refractivity contribution is 7.21. The van der Waals surface area contributed by atoms with Crippen molar-refractivity contribution in [2.24, 2.45) is 5.92 Å². The van der Waals surface area contributed by atoms with Crippen molar-refractivity contribution < 1.29 is 19.0 Å². The van der Waals surface area contributed by atoms with Gasteiger partial charge in [-0.3, -0.25) is 9.18 Å². The molecule has 7 heteroatoms. The number of nitrogens with zero attached hydrogens (tertiary/aromatic N) is 1. The Labute approximate surface area is 212 Å². The van der Waals surface area contributed by atoms with Crippen molar-refractivity contribution in [3.63, 3.8) is 0 Å². The molecule has 1 aliphatic rings. The lowest BCUT2D eigenvalue weighted by molar-refractivity contribution is 0.0755. The standard InChI is InChI=1S/C28H25ClFNO3S/c29-24-5-2-1-4-22(24)27(33)28-26(23-11-8-20(32)14-25(23)35-28)19-6-9-21(10-7-19)34-13-3-12-31-16-18(15-30)17-31/h1-2,4-11,14,18,32H,3,12-13,15-17H2. The molecule has 3 aromatic carbocycles. The van der Waals surface area contributed by atoms with E-state index >= 15 is 0 Å². The fourth-order valence-electron chi connectivity index (χ4n) is 4.45. The van der Waals surface area contributed by atoms with E-state index in [9.17, 15) is 14.3 Å². The van der Waals surface area contributed by atoms with E-state index in [4.69, 9.17) is 16.3 Å². The molecule has 0 atom stereocenters. The van der Waals surface area contributed by atoms with E-state index in [0.717, 1.165) is 53.0 Å². The molecule has 0 aliphatic carbocycles. The van der Waals surface area contributed by atoms with Crippen LogP contribution in [0.2, 0.25) is 5.02 Å². The van der Waals surface area contributed by atoms with Gasteiger partial charge in [0.2, 0.25) is 5.78 Å². The summed E-state index contributed by atoms with van der Waals surface area (Å²) in [6.45, 7) is 2.95. The van der Waals surface area contributed by atoms with Gasteiger partial charge in [0.1, 0.15) is 11.5 Å². The average molecular weight is 510 g/mol. The van der Waals surface area contributed by atoms with Crippen molar-refractivity contribution in [3.05, 3.63) is 82.2 Å². The maximum atomic E-state index is 13.5. The fraction of sp³-hybridized carbons (Fsp3) is 0.250. The first-order valence-corrected chi connectivity index (χ1v) is 12.8. The van der Waals surface area contributed by atoms with Crippen LogP contribution < -0.4 is 4.74 Å². The summed E-state index contributed by atoms with van der Waals surface area (Å²) < 4.78 is 19.3. The number of ketones is 1. The lowest BCUT2D eigenvalue weighted by Crippen LogP contribution is -2.48. The molecule has 1 N–H and O–H groups in total. The van der Waals surface area contributed by atoms with Crippen LogP contribution in [0.5, 0.6) is 11.5 Å². The molecular formula is C28H25ClFNO3S. The molecule has 1 aliphatic heterocycles. The quantitative estimate of drug-likeness (QED) is 0.198. The molecule has 0 radical (unpaired) electrons. The van der Waals surface area contributed by atoms with Gasteiger partial charge < -0.3 is 14.7 Å². The largest absolute Gasteiger partial charge is 0.508 e. The van der Waals surface area contributed by atoms with Gasteiger partial charge >= 0.3 is 0 Å². The van der Waals surface area contributed by atoms with E-state index in [1.807, 2.05) is 30.3 Å². The van der Waals surface area contributed by atoms with Gasteiger partial charge in [0.25, 0.3) is 0 Å². The number of thiophene rings is 1. The number of phenolic OH excluding ortho intramolecular Hbond substituents is 1. The number of hydrogen-bond donors (Lipinski definition) is 1. The number of carbonyl (C=O) groups is 1. The summed E-state index contributed by atoms with van der Waals surface area (Å²) in [5.41, 5.74) is 2.16. The first kappa shape index (κ1) is 23.8. The summed E-state index contributed by atoms with van der Waals surface area (Å²) in [5.74, 6) is 0.974. The highest BCUT2D eigenvalue weighted by Gasteiger charge is 2.25. The minimum absolute atomic E-state index is 0.146. The Bertz CT molecular complexity index is 1350. The number of aromatic hydroxyl groups is 1. The van der Waals surface area contributed by atoms with Gasteiger partial charge in [-0.1, -0.05) is 35.9 Å². The van der Waals surface area contributed by atoms with Gasteiger partial charge in [-0.05, 0) is 54.4 Å². The molecule has 1 fully saturated rings. The molecule has 5 rings (SSSR count). The van der Waals surface area contributed by atoms with Crippen LogP contribution in [0.25, 0.3) is 21.2 Å². The number of fused-ring (bicyclic) bond motifs is 1. The Hall–Kier alpha value is -2.93. The predicted molar refractivity (Wildman–Crippen MR) is 140 cm³/mol. The lowest BCUT2D eigenvalue weighted by Gasteiger charge is -2.37. The van der Waals surface area contributed by atoms with Crippen molar-refractivity contribution in [3.8, 4) is 22.6 Å². The van der Waals surface area contributed by atoms with E-state index in [0.29, 0.717) is 22.1 Å². The molecular weight excluding hydrogens is 485 g/mol. The monoisotopic (exact) mass is 509 g/mol. The zero-order valence-electron chi connectivity index (χ0n) is 19.0. The summed E-state index contributed by atoms with van der Waals surface area (Å²) >= 11 is 7.68. The van der Waals surface area contributed by atoms with Crippen LogP contribution in [0.15, 0.2) is 66.7 Å². The van der Waals surface area contributed by atoms with Gasteiger partial charge in [-0.2, -0.15) is 0 Å². The Morgan fingerprint density at radius 1 is 1.11 bits per heavy atom. The Morgan fingerprint density at radius 2 is 1.89 bits per heavy atom. The zero-order chi connectivity index (χ0) is 24.4. The molecule has 1 saturated heterocycles. The van der Waals surface area contributed by atoms with E-state index in [-0.39, 0.29) is 24.1 Å². The Kier molecular flexibility index (Phi) is 7.04. The molecule has 4 aromatic rings. The van der Waals surface area contributed by atoms with Crippen molar-refractivity contribution in [2.45, 2.75) is 6.42 Å². The average Bonchev–Trinajstić information content (AvgIpc) is 3.21. The molecule has 180 valence electrons. The number of likely N-dealkylation sites (tertiary alicyclic amines) is 1. The van der Waals surface area contributed by atoms with Crippen molar-refractivity contribution in [2.75, 3.05) is 32.9 Å². The third-order valence-electron chi connectivity index (χ3n) is 6.28. The van der Waals surface area contributed by atoms with Gasteiger partial charge in [0.15, 0.2) is 0 Å². The number of hydrogen-bond acceptors (Lipinski definition) is 5. The first-order valence-electron chi connectivity index (χ1n) is 11.6. The maximum absolute atomic E-state index is 13.5. The number of benzene rings is 3. The third-order valence-corrected chi connectivity index (χ3v) is 7.76.